The molecule has 2 saturated carbocycles. The lowest BCUT2D eigenvalue weighted by Gasteiger charge is -2.27. The van der Waals surface area contributed by atoms with Gasteiger partial charge in [0.25, 0.3) is 0 Å². The highest BCUT2D eigenvalue weighted by Crippen LogP contribution is 2.47. The van der Waals surface area contributed by atoms with Gasteiger partial charge in [-0.3, -0.25) is 4.79 Å². The van der Waals surface area contributed by atoms with Crippen LogP contribution in [0.25, 0.3) is 0 Å². The number of carbonyl (C=O) groups is 1. The van der Waals surface area contributed by atoms with E-state index < -0.39 is 0 Å². The van der Waals surface area contributed by atoms with Crippen molar-refractivity contribution < 1.29 is 9.53 Å². The van der Waals surface area contributed by atoms with E-state index in [1.807, 2.05) is 18.2 Å². The third kappa shape index (κ3) is 4.63. The Morgan fingerprint density at radius 3 is 2.76 bits per heavy atom. The molecule has 1 aromatic carbocycles. The smallest absolute Gasteiger partial charge is 0.224 e. The van der Waals surface area contributed by atoms with Gasteiger partial charge in [-0.1, -0.05) is 19.1 Å². The number of halogens is 1. The second-order valence-electron chi connectivity index (χ2n) is 7.25. The molecule has 0 aliphatic heterocycles. The molecule has 1 aromatic rings. The molecular formula is C19H29ClN2O2S. The lowest BCUT2D eigenvalue weighted by atomic mass is 9.84. The number of fused-ring (bicyclic) bond motifs is 2. The van der Waals surface area contributed by atoms with Gasteiger partial charge in [0.15, 0.2) is 0 Å². The van der Waals surface area contributed by atoms with Crippen LogP contribution < -0.4 is 15.8 Å². The summed E-state index contributed by atoms with van der Waals surface area (Å²) < 4.78 is 5.38. The van der Waals surface area contributed by atoms with Crippen molar-refractivity contribution >= 4 is 30.1 Å². The molecule has 1 amide bonds. The van der Waals surface area contributed by atoms with E-state index in [1.54, 1.807) is 18.9 Å². The molecule has 3 N–H and O–H groups in total. The fourth-order valence-electron chi connectivity index (χ4n) is 4.15. The van der Waals surface area contributed by atoms with E-state index in [2.05, 4.69) is 18.3 Å². The predicted octanol–water partition coefficient (Wildman–Crippen LogP) is 3.33. The number of benzene rings is 1. The molecule has 2 bridgehead atoms. The molecular weight excluding hydrogens is 356 g/mol. The van der Waals surface area contributed by atoms with Crippen LogP contribution in [-0.4, -0.2) is 31.4 Å². The van der Waals surface area contributed by atoms with E-state index in [0.29, 0.717) is 24.3 Å². The maximum Gasteiger partial charge on any atom is 0.224 e. The first kappa shape index (κ1) is 20.4. The van der Waals surface area contributed by atoms with Gasteiger partial charge < -0.3 is 15.8 Å². The van der Waals surface area contributed by atoms with Gasteiger partial charge in [0, 0.05) is 23.2 Å². The topological polar surface area (TPSA) is 64.3 Å². The highest BCUT2D eigenvalue weighted by atomic mass is 35.5. The van der Waals surface area contributed by atoms with Crippen LogP contribution in [0.5, 0.6) is 5.75 Å². The van der Waals surface area contributed by atoms with Crippen LogP contribution in [0.2, 0.25) is 0 Å². The molecule has 2 aliphatic rings. The molecule has 25 heavy (non-hydrogen) atoms. The molecule has 2 aliphatic carbocycles. The van der Waals surface area contributed by atoms with Crippen molar-refractivity contribution in [1.82, 2.24) is 5.32 Å². The standard InChI is InChI=1S/C19H28N2O2S.ClH/c1-12(11-24-16-6-4-3-5-15(16)23-2)10-21-19(22)17-13-7-8-14(9-13)18(17)20;/h3-6,12-14,17-18H,7-11,20H2,1-2H3,(H,21,22);1H. The first-order valence-electron chi connectivity index (χ1n) is 8.89. The SMILES string of the molecule is COc1ccccc1SCC(C)CNC(=O)C1C2CCC(C2)C1N.Cl. The van der Waals surface area contributed by atoms with Gasteiger partial charge in [-0.25, -0.2) is 0 Å². The fraction of sp³-hybridized carbons (Fsp3) is 0.632. The van der Waals surface area contributed by atoms with E-state index in [-0.39, 0.29) is 30.3 Å². The second kappa shape index (κ2) is 9.15. The van der Waals surface area contributed by atoms with Crippen molar-refractivity contribution in [2.45, 2.75) is 37.1 Å². The fourth-order valence-corrected chi connectivity index (χ4v) is 5.20. The average molecular weight is 385 g/mol. The summed E-state index contributed by atoms with van der Waals surface area (Å²) in [6, 6.07) is 8.12. The van der Waals surface area contributed by atoms with Crippen molar-refractivity contribution in [2.24, 2.45) is 29.4 Å². The molecule has 4 nitrogen and oxygen atoms in total. The first-order valence-corrected chi connectivity index (χ1v) is 9.87. The number of amides is 1. The van der Waals surface area contributed by atoms with Crippen LogP contribution in [0.15, 0.2) is 29.2 Å². The Kier molecular flexibility index (Phi) is 7.47. The average Bonchev–Trinajstić information content (AvgIpc) is 3.19. The molecule has 140 valence electrons. The first-order chi connectivity index (χ1) is 11.6. The zero-order chi connectivity index (χ0) is 17.1. The van der Waals surface area contributed by atoms with E-state index in [1.165, 1.54) is 12.8 Å². The molecule has 0 radical (unpaired) electrons. The Morgan fingerprint density at radius 1 is 1.36 bits per heavy atom. The minimum absolute atomic E-state index is 0. The van der Waals surface area contributed by atoms with Crippen molar-refractivity contribution in [3.8, 4) is 5.75 Å². The molecule has 5 unspecified atom stereocenters. The van der Waals surface area contributed by atoms with Gasteiger partial charge in [0.1, 0.15) is 5.75 Å². The van der Waals surface area contributed by atoms with Gasteiger partial charge in [-0.15, -0.1) is 24.2 Å². The third-order valence-corrected chi connectivity index (χ3v) is 6.88. The minimum Gasteiger partial charge on any atom is -0.496 e. The Morgan fingerprint density at radius 2 is 2.08 bits per heavy atom. The van der Waals surface area contributed by atoms with Crippen LogP contribution in [0, 0.1) is 23.7 Å². The molecule has 0 saturated heterocycles. The van der Waals surface area contributed by atoms with Crippen molar-refractivity contribution in [2.75, 3.05) is 19.4 Å². The molecule has 5 atom stereocenters. The molecule has 2 fully saturated rings. The molecule has 0 spiro atoms. The van der Waals surface area contributed by atoms with E-state index in [4.69, 9.17) is 10.5 Å². The van der Waals surface area contributed by atoms with Crippen LogP contribution in [0.3, 0.4) is 0 Å². The van der Waals surface area contributed by atoms with Crippen molar-refractivity contribution in [1.29, 1.82) is 0 Å². The lowest BCUT2D eigenvalue weighted by Crippen LogP contribution is -2.46. The third-order valence-electron chi connectivity index (χ3n) is 5.50. The highest BCUT2D eigenvalue weighted by Gasteiger charge is 2.48. The Balaban J connectivity index is 0.00000225. The number of para-hydroxylation sites is 1. The number of ether oxygens (including phenoxy) is 1. The molecule has 3 rings (SSSR count). The van der Waals surface area contributed by atoms with Crippen LogP contribution in [-0.2, 0) is 4.79 Å². The van der Waals surface area contributed by atoms with E-state index >= 15 is 0 Å². The predicted molar refractivity (Wildman–Crippen MR) is 105 cm³/mol. The van der Waals surface area contributed by atoms with Crippen molar-refractivity contribution in [3.63, 3.8) is 0 Å². The number of rotatable bonds is 7. The minimum atomic E-state index is 0. The van der Waals surface area contributed by atoms with Gasteiger partial charge in [0.2, 0.25) is 5.91 Å². The van der Waals surface area contributed by atoms with Crippen LogP contribution >= 0.6 is 24.2 Å². The summed E-state index contributed by atoms with van der Waals surface area (Å²) in [6.07, 6.45) is 3.54. The highest BCUT2D eigenvalue weighted by molar-refractivity contribution is 7.99. The van der Waals surface area contributed by atoms with Gasteiger partial charge in [-0.2, -0.15) is 0 Å². The number of hydrogen-bond acceptors (Lipinski definition) is 4. The summed E-state index contributed by atoms with van der Waals surface area (Å²) in [5.74, 6) is 3.56. The normalized spacial score (nSPS) is 28.3. The zero-order valence-electron chi connectivity index (χ0n) is 14.9. The van der Waals surface area contributed by atoms with Gasteiger partial charge in [-0.05, 0) is 49.1 Å². The molecule has 6 heteroatoms. The number of methoxy groups -OCH3 is 1. The lowest BCUT2D eigenvalue weighted by molar-refractivity contribution is -0.127. The van der Waals surface area contributed by atoms with Gasteiger partial charge >= 0.3 is 0 Å². The Labute approximate surface area is 161 Å². The number of nitrogens with one attached hydrogen (secondary N) is 1. The monoisotopic (exact) mass is 384 g/mol. The zero-order valence-corrected chi connectivity index (χ0v) is 16.6. The number of nitrogens with two attached hydrogens (primary N) is 1. The quantitative estimate of drug-likeness (QED) is 0.707. The molecule has 0 heterocycles. The number of carbonyl (C=O) groups excluding carboxylic acids is 1. The number of hydrogen-bond donors (Lipinski definition) is 2. The van der Waals surface area contributed by atoms with Gasteiger partial charge in [0.05, 0.1) is 13.0 Å². The van der Waals surface area contributed by atoms with Crippen molar-refractivity contribution in [3.05, 3.63) is 24.3 Å². The summed E-state index contributed by atoms with van der Waals surface area (Å²) in [5.41, 5.74) is 6.26. The van der Waals surface area contributed by atoms with E-state index in [9.17, 15) is 4.79 Å². The maximum atomic E-state index is 12.5. The van der Waals surface area contributed by atoms with Crippen LogP contribution in [0.1, 0.15) is 26.2 Å². The number of thioether (sulfide) groups is 1. The summed E-state index contributed by atoms with van der Waals surface area (Å²) in [5, 5.41) is 3.14. The Bertz CT molecular complexity index is 584. The summed E-state index contributed by atoms with van der Waals surface area (Å²) in [7, 11) is 1.70. The largest absolute Gasteiger partial charge is 0.496 e. The Hall–Kier alpha value is -0.910. The summed E-state index contributed by atoms with van der Waals surface area (Å²) >= 11 is 1.78. The van der Waals surface area contributed by atoms with Crippen LogP contribution in [0.4, 0.5) is 0 Å². The summed E-state index contributed by atoms with van der Waals surface area (Å²) in [6.45, 7) is 2.88. The molecule has 0 aromatic heterocycles. The maximum absolute atomic E-state index is 12.5. The van der Waals surface area contributed by atoms with E-state index in [0.717, 1.165) is 22.8 Å². The summed E-state index contributed by atoms with van der Waals surface area (Å²) in [4.78, 5) is 13.7. The second-order valence-corrected chi connectivity index (χ2v) is 8.31.